The number of anilines is 1. The van der Waals surface area contributed by atoms with E-state index in [-0.39, 0.29) is 5.95 Å². The number of imidazole rings is 1. The van der Waals surface area contributed by atoms with Gasteiger partial charge in [0, 0.05) is 18.6 Å². The van der Waals surface area contributed by atoms with Gasteiger partial charge in [-0.1, -0.05) is 23.9 Å². The summed E-state index contributed by atoms with van der Waals surface area (Å²) in [6.45, 7) is 6.25. The van der Waals surface area contributed by atoms with Crippen LogP contribution in [0.15, 0.2) is 52.1 Å². The average molecular weight is 425 g/mol. The van der Waals surface area contributed by atoms with E-state index in [2.05, 4.69) is 4.98 Å². The topological polar surface area (TPSA) is 39.5 Å². The molecular formula is C20H22F3N3O2S. The zero-order valence-electron chi connectivity index (χ0n) is 16.6. The fraction of sp³-hybridized carbons (Fsp3) is 0.450. The van der Waals surface area contributed by atoms with Crippen LogP contribution in [0.3, 0.4) is 0 Å². The van der Waals surface area contributed by atoms with E-state index in [1.54, 1.807) is 13.3 Å². The van der Waals surface area contributed by atoms with Gasteiger partial charge in [0.2, 0.25) is 5.95 Å². The summed E-state index contributed by atoms with van der Waals surface area (Å²) in [5, 5.41) is 0.738. The summed E-state index contributed by atoms with van der Waals surface area (Å²) in [6, 6.07) is 0. The van der Waals surface area contributed by atoms with Gasteiger partial charge >= 0.3 is 6.18 Å². The Morgan fingerprint density at radius 3 is 2.72 bits per heavy atom. The van der Waals surface area contributed by atoms with Crippen molar-refractivity contribution >= 4 is 23.4 Å². The first-order chi connectivity index (χ1) is 13.8. The van der Waals surface area contributed by atoms with Crippen molar-refractivity contribution in [2.75, 3.05) is 24.6 Å². The maximum Gasteiger partial charge on any atom is 0.431 e. The number of halogens is 3. The van der Waals surface area contributed by atoms with Gasteiger partial charge in [0.25, 0.3) is 0 Å². The van der Waals surface area contributed by atoms with Crippen molar-refractivity contribution in [3.63, 3.8) is 0 Å². The number of ether oxygens (including phenoxy) is 2. The molecule has 5 nitrogen and oxygen atoms in total. The van der Waals surface area contributed by atoms with Gasteiger partial charge in [0.15, 0.2) is 0 Å². The number of allylic oxidation sites excluding steroid dienone is 4. The predicted molar refractivity (Wildman–Crippen MR) is 106 cm³/mol. The molecule has 2 aliphatic heterocycles. The van der Waals surface area contributed by atoms with E-state index in [4.69, 9.17) is 9.47 Å². The lowest BCUT2D eigenvalue weighted by molar-refractivity contribution is -0.0945. The minimum absolute atomic E-state index is 0.261. The van der Waals surface area contributed by atoms with Crippen LogP contribution < -0.4 is 4.90 Å². The fourth-order valence-corrected chi connectivity index (χ4v) is 5.28. The highest BCUT2D eigenvalue weighted by Crippen LogP contribution is 2.57. The van der Waals surface area contributed by atoms with Crippen LogP contribution in [0.5, 0.6) is 0 Å². The molecule has 0 saturated carbocycles. The van der Waals surface area contributed by atoms with Crippen LogP contribution in [0.4, 0.5) is 19.1 Å². The lowest BCUT2D eigenvalue weighted by Gasteiger charge is -2.43. The van der Waals surface area contributed by atoms with Crippen LogP contribution in [0.1, 0.15) is 27.2 Å². The van der Waals surface area contributed by atoms with Gasteiger partial charge in [-0.2, -0.15) is 13.2 Å². The van der Waals surface area contributed by atoms with Gasteiger partial charge in [-0.25, -0.2) is 4.98 Å². The molecule has 3 heterocycles. The summed E-state index contributed by atoms with van der Waals surface area (Å²) in [7, 11) is 1.59. The Morgan fingerprint density at radius 1 is 1.31 bits per heavy atom. The average Bonchev–Trinajstić information content (AvgIpc) is 3.16. The Morgan fingerprint density at radius 2 is 2.07 bits per heavy atom. The first-order valence-corrected chi connectivity index (χ1v) is 10.3. The molecule has 0 fully saturated rings. The molecule has 1 aromatic heterocycles. The summed E-state index contributed by atoms with van der Waals surface area (Å²) in [5.41, 5.74) is 0.757. The van der Waals surface area contributed by atoms with Crippen molar-refractivity contribution < 1.29 is 22.6 Å². The van der Waals surface area contributed by atoms with Gasteiger partial charge < -0.3 is 9.47 Å². The largest absolute Gasteiger partial charge is 0.496 e. The highest BCUT2D eigenvalue weighted by Gasteiger charge is 2.58. The van der Waals surface area contributed by atoms with E-state index in [9.17, 15) is 13.2 Å². The van der Waals surface area contributed by atoms with Crippen molar-refractivity contribution in [2.24, 2.45) is 0 Å². The molecule has 1 aromatic rings. The van der Waals surface area contributed by atoms with Crippen molar-refractivity contribution in [2.45, 2.75) is 43.9 Å². The molecule has 3 aliphatic rings. The monoisotopic (exact) mass is 425 g/mol. The first-order valence-electron chi connectivity index (χ1n) is 9.27. The van der Waals surface area contributed by atoms with Crippen molar-refractivity contribution in [1.29, 1.82) is 0 Å². The van der Waals surface area contributed by atoms with Crippen LogP contribution in [-0.4, -0.2) is 40.9 Å². The van der Waals surface area contributed by atoms with Gasteiger partial charge in [-0.3, -0.25) is 9.47 Å². The van der Waals surface area contributed by atoms with Crippen LogP contribution >= 0.6 is 11.8 Å². The standard InChI is InChI=1S/C20H22F3N3O2S/c1-5-28-11-29-15-10-24-18-25(15)17-13(3)16(27-4)12(2)9-19(17)8-6-7-14(26(18)19)20(21,22)23/h6-8,10H,5,9,11H2,1-4H3. The normalized spacial score (nSPS) is 23.3. The summed E-state index contributed by atoms with van der Waals surface area (Å²) in [6.07, 6.45) is 1.93. The number of methoxy groups -OCH3 is 1. The van der Waals surface area contributed by atoms with E-state index in [1.165, 1.54) is 22.7 Å². The Balaban J connectivity index is 1.95. The molecule has 1 aliphatic carbocycles. The Kier molecular flexibility index (Phi) is 4.85. The third-order valence-corrected chi connectivity index (χ3v) is 6.29. The number of alkyl halides is 3. The molecule has 1 unspecified atom stereocenters. The molecule has 29 heavy (non-hydrogen) atoms. The number of nitrogens with zero attached hydrogens (tertiary/aromatic N) is 3. The molecule has 0 aromatic carbocycles. The number of hydrogen-bond donors (Lipinski definition) is 0. The SMILES string of the molecule is CCOCSc1cnc2n1C1=C(C)C(OC)=C(C)CC13C=CC=C(C(F)(F)F)N23. The van der Waals surface area contributed by atoms with Gasteiger partial charge in [-0.05, 0) is 32.4 Å². The maximum atomic E-state index is 14.0. The van der Waals surface area contributed by atoms with E-state index in [0.29, 0.717) is 24.7 Å². The maximum absolute atomic E-state index is 14.0. The second kappa shape index (κ2) is 6.98. The quantitative estimate of drug-likeness (QED) is 0.373. The molecule has 0 amide bonds. The first kappa shape index (κ1) is 20.2. The molecule has 1 spiro atoms. The minimum Gasteiger partial charge on any atom is -0.496 e. The second-order valence-corrected chi connectivity index (χ2v) is 8.06. The highest BCUT2D eigenvalue weighted by molar-refractivity contribution is 7.99. The molecule has 0 bridgehead atoms. The molecule has 4 rings (SSSR count). The highest BCUT2D eigenvalue weighted by atomic mass is 32.2. The third-order valence-electron chi connectivity index (χ3n) is 5.42. The molecule has 9 heteroatoms. The van der Waals surface area contributed by atoms with Crippen LogP contribution in [0, 0.1) is 0 Å². The van der Waals surface area contributed by atoms with Gasteiger partial charge in [-0.15, -0.1) is 0 Å². The van der Waals surface area contributed by atoms with Crippen LogP contribution in [-0.2, 0) is 9.47 Å². The summed E-state index contributed by atoms with van der Waals surface area (Å²) >= 11 is 1.41. The molecule has 1 atom stereocenters. The minimum atomic E-state index is -4.50. The van der Waals surface area contributed by atoms with Crippen LogP contribution in [0.2, 0.25) is 0 Å². The zero-order chi connectivity index (χ0) is 21.0. The van der Waals surface area contributed by atoms with E-state index >= 15 is 0 Å². The molecule has 156 valence electrons. The number of rotatable bonds is 5. The van der Waals surface area contributed by atoms with Crippen molar-refractivity contribution in [1.82, 2.24) is 9.55 Å². The number of fused-ring (bicyclic) bond motifs is 3. The van der Waals surface area contributed by atoms with E-state index in [1.807, 2.05) is 31.4 Å². The molecule has 0 saturated heterocycles. The Hall–Kier alpha value is -2.13. The fourth-order valence-electron chi connectivity index (χ4n) is 4.48. The Bertz CT molecular complexity index is 974. The number of aromatic nitrogens is 2. The van der Waals surface area contributed by atoms with E-state index < -0.39 is 17.4 Å². The summed E-state index contributed by atoms with van der Waals surface area (Å²) in [4.78, 5) is 5.72. The summed E-state index contributed by atoms with van der Waals surface area (Å²) in [5.74, 6) is 1.37. The molecular weight excluding hydrogens is 403 g/mol. The summed E-state index contributed by atoms with van der Waals surface area (Å²) < 4.78 is 54.7. The van der Waals surface area contributed by atoms with Crippen molar-refractivity contribution in [3.8, 4) is 0 Å². The van der Waals surface area contributed by atoms with Gasteiger partial charge in [0.05, 0.1) is 24.9 Å². The lowest BCUT2D eigenvalue weighted by atomic mass is 9.78. The predicted octanol–water partition coefficient (Wildman–Crippen LogP) is 5.10. The third kappa shape index (κ3) is 2.85. The number of hydrogen-bond acceptors (Lipinski definition) is 5. The molecule has 0 N–H and O–H groups in total. The molecule has 0 radical (unpaired) electrons. The van der Waals surface area contributed by atoms with Gasteiger partial charge in [0.1, 0.15) is 22.0 Å². The van der Waals surface area contributed by atoms with E-state index in [0.717, 1.165) is 27.9 Å². The second-order valence-electron chi connectivity index (χ2n) is 7.12. The van der Waals surface area contributed by atoms with Crippen molar-refractivity contribution in [3.05, 3.63) is 47.0 Å². The Labute approximate surface area is 171 Å². The smallest absolute Gasteiger partial charge is 0.431 e. The lowest BCUT2D eigenvalue weighted by Crippen LogP contribution is -2.50. The van der Waals surface area contributed by atoms with Crippen LogP contribution in [0.25, 0.3) is 5.70 Å². The zero-order valence-corrected chi connectivity index (χ0v) is 17.4. The number of thioether (sulfide) groups is 1.